The van der Waals surface area contributed by atoms with Crippen LogP contribution in [0.3, 0.4) is 0 Å². The van der Waals surface area contributed by atoms with Crippen LogP contribution in [0.25, 0.3) is 0 Å². The third-order valence-electron chi connectivity index (χ3n) is 3.90. The van der Waals surface area contributed by atoms with Gasteiger partial charge in [-0.15, -0.1) is 0 Å². The van der Waals surface area contributed by atoms with E-state index in [9.17, 15) is 13.2 Å². The van der Waals surface area contributed by atoms with E-state index in [4.69, 9.17) is 0 Å². The zero-order valence-corrected chi connectivity index (χ0v) is 13.3. The molecule has 0 saturated carbocycles. The van der Waals surface area contributed by atoms with E-state index < -0.39 is 10.0 Å². The van der Waals surface area contributed by atoms with E-state index in [0.717, 1.165) is 24.0 Å². The average Bonchev–Trinajstić information content (AvgIpc) is 2.87. The SMILES string of the molecule is Cc1ccccc1CC(=O)NCC1CCCN1S(C)(=O)=O. The Morgan fingerprint density at radius 3 is 2.76 bits per heavy atom. The summed E-state index contributed by atoms with van der Waals surface area (Å²) in [5.41, 5.74) is 2.09. The predicted octanol–water partition coefficient (Wildman–Crippen LogP) is 1.08. The fourth-order valence-corrected chi connectivity index (χ4v) is 3.91. The third kappa shape index (κ3) is 4.28. The van der Waals surface area contributed by atoms with Gasteiger partial charge in [0.05, 0.1) is 12.7 Å². The van der Waals surface area contributed by atoms with E-state index in [0.29, 0.717) is 19.5 Å². The first kappa shape index (κ1) is 16.0. The molecule has 0 aromatic heterocycles. The van der Waals surface area contributed by atoms with E-state index in [2.05, 4.69) is 5.32 Å². The van der Waals surface area contributed by atoms with Gasteiger partial charge in [-0.05, 0) is 30.9 Å². The summed E-state index contributed by atoms with van der Waals surface area (Å²) < 4.78 is 24.8. The van der Waals surface area contributed by atoms with E-state index in [-0.39, 0.29) is 11.9 Å². The Morgan fingerprint density at radius 2 is 2.10 bits per heavy atom. The minimum Gasteiger partial charge on any atom is -0.354 e. The Labute approximate surface area is 126 Å². The molecular weight excluding hydrogens is 288 g/mol. The van der Waals surface area contributed by atoms with Crippen molar-refractivity contribution in [3.63, 3.8) is 0 Å². The lowest BCUT2D eigenvalue weighted by Crippen LogP contribution is -2.43. The first-order chi connectivity index (χ1) is 9.88. The van der Waals surface area contributed by atoms with E-state index in [1.807, 2.05) is 31.2 Å². The van der Waals surface area contributed by atoms with Crippen LogP contribution in [0, 0.1) is 6.92 Å². The second-order valence-electron chi connectivity index (χ2n) is 5.58. The number of aryl methyl sites for hydroxylation is 1. The average molecular weight is 310 g/mol. The molecule has 1 unspecified atom stereocenters. The number of hydrogen-bond donors (Lipinski definition) is 1. The Kier molecular flexibility index (Phi) is 5.00. The standard InChI is InChI=1S/C15H22N2O3S/c1-12-6-3-4-7-13(12)10-15(18)16-11-14-8-5-9-17(14)21(2,19)20/h3-4,6-7,14H,5,8-11H2,1-2H3,(H,16,18). The quantitative estimate of drug-likeness (QED) is 0.885. The van der Waals surface area contributed by atoms with Crippen LogP contribution in [0.1, 0.15) is 24.0 Å². The minimum absolute atomic E-state index is 0.0651. The number of benzene rings is 1. The summed E-state index contributed by atoms with van der Waals surface area (Å²) in [7, 11) is -3.18. The maximum Gasteiger partial charge on any atom is 0.224 e. The summed E-state index contributed by atoms with van der Waals surface area (Å²) in [6, 6.07) is 7.66. The van der Waals surface area contributed by atoms with Gasteiger partial charge in [-0.25, -0.2) is 8.42 Å². The molecule has 1 N–H and O–H groups in total. The number of amides is 1. The molecule has 116 valence electrons. The number of nitrogens with zero attached hydrogens (tertiary/aromatic N) is 1. The number of carbonyl (C=O) groups is 1. The molecule has 5 nitrogen and oxygen atoms in total. The smallest absolute Gasteiger partial charge is 0.224 e. The molecule has 0 radical (unpaired) electrons. The van der Waals surface area contributed by atoms with Crippen molar-refractivity contribution < 1.29 is 13.2 Å². The molecule has 1 aromatic carbocycles. The second kappa shape index (κ2) is 6.58. The Balaban J connectivity index is 1.88. The van der Waals surface area contributed by atoms with Crippen LogP contribution in [-0.4, -0.2) is 44.0 Å². The van der Waals surface area contributed by atoms with Crippen LogP contribution in [0.2, 0.25) is 0 Å². The molecule has 1 amide bonds. The lowest BCUT2D eigenvalue weighted by Gasteiger charge is -2.22. The monoisotopic (exact) mass is 310 g/mol. The van der Waals surface area contributed by atoms with E-state index in [1.165, 1.54) is 10.6 Å². The van der Waals surface area contributed by atoms with Gasteiger partial charge < -0.3 is 5.32 Å². The molecule has 1 aliphatic rings. The van der Waals surface area contributed by atoms with Crippen molar-refractivity contribution in [1.29, 1.82) is 0 Å². The first-order valence-electron chi connectivity index (χ1n) is 7.16. The van der Waals surface area contributed by atoms with Gasteiger partial charge in [0.1, 0.15) is 0 Å². The fraction of sp³-hybridized carbons (Fsp3) is 0.533. The highest BCUT2D eigenvalue weighted by Gasteiger charge is 2.31. The van der Waals surface area contributed by atoms with Crippen LogP contribution in [0.4, 0.5) is 0 Å². The van der Waals surface area contributed by atoms with Crippen molar-refractivity contribution in [3.05, 3.63) is 35.4 Å². The maximum absolute atomic E-state index is 12.0. The van der Waals surface area contributed by atoms with Gasteiger partial charge in [0.2, 0.25) is 15.9 Å². The highest BCUT2D eigenvalue weighted by Crippen LogP contribution is 2.19. The number of carbonyl (C=O) groups excluding carboxylic acids is 1. The maximum atomic E-state index is 12.0. The van der Waals surface area contributed by atoms with Crippen molar-refractivity contribution >= 4 is 15.9 Å². The molecule has 6 heteroatoms. The molecule has 2 rings (SSSR count). The molecule has 1 atom stereocenters. The zero-order chi connectivity index (χ0) is 15.5. The van der Waals surface area contributed by atoms with E-state index >= 15 is 0 Å². The molecule has 0 bridgehead atoms. The Bertz CT molecular complexity index is 613. The zero-order valence-electron chi connectivity index (χ0n) is 12.5. The van der Waals surface area contributed by atoms with Gasteiger partial charge in [-0.1, -0.05) is 24.3 Å². The van der Waals surface area contributed by atoms with Crippen LogP contribution >= 0.6 is 0 Å². The number of sulfonamides is 1. The van der Waals surface area contributed by atoms with Crippen LogP contribution < -0.4 is 5.32 Å². The minimum atomic E-state index is -3.18. The van der Waals surface area contributed by atoms with Crippen molar-refractivity contribution in [3.8, 4) is 0 Å². The van der Waals surface area contributed by atoms with E-state index in [1.54, 1.807) is 0 Å². The number of rotatable bonds is 5. The van der Waals surface area contributed by atoms with Gasteiger partial charge in [-0.3, -0.25) is 4.79 Å². The summed E-state index contributed by atoms with van der Waals surface area (Å²) in [6.45, 7) is 2.92. The Hall–Kier alpha value is -1.40. The highest BCUT2D eigenvalue weighted by molar-refractivity contribution is 7.88. The normalized spacial score (nSPS) is 19.6. The second-order valence-corrected chi connectivity index (χ2v) is 7.51. The molecule has 1 aliphatic heterocycles. The molecule has 1 saturated heterocycles. The largest absolute Gasteiger partial charge is 0.354 e. The van der Waals surface area contributed by atoms with Crippen molar-refractivity contribution in [1.82, 2.24) is 9.62 Å². The lowest BCUT2D eigenvalue weighted by atomic mass is 10.1. The van der Waals surface area contributed by atoms with Crippen LogP contribution in [0.15, 0.2) is 24.3 Å². The molecule has 1 heterocycles. The van der Waals surface area contributed by atoms with Gasteiger partial charge >= 0.3 is 0 Å². The first-order valence-corrected chi connectivity index (χ1v) is 9.01. The highest BCUT2D eigenvalue weighted by atomic mass is 32.2. The van der Waals surface area contributed by atoms with Gasteiger partial charge in [0.15, 0.2) is 0 Å². The van der Waals surface area contributed by atoms with Gasteiger partial charge in [0.25, 0.3) is 0 Å². The number of hydrogen-bond acceptors (Lipinski definition) is 3. The Morgan fingerprint density at radius 1 is 1.38 bits per heavy atom. The number of nitrogens with one attached hydrogen (secondary N) is 1. The fourth-order valence-electron chi connectivity index (χ4n) is 2.73. The third-order valence-corrected chi connectivity index (χ3v) is 5.23. The molecule has 1 aromatic rings. The predicted molar refractivity (Wildman–Crippen MR) is 82.5 cm³/mol. The summed E-state index contributed by atoms with van der Waals surface area (Å²) in [6.07, 6.45) is 3.21. The van der Waals surface area contributed by atoms with Crippen molar-refractivity contribution in [2.24, 2.45) is 0 Å². The molecule has 0 spiro atoms. The summed E-state index contributed by atoms with van der Waals surface area (Å²) in [5.74, 6) is -0.0651. The summed E-state index contributed by atoms with van der Waals surface area (Å²) >= 11 is 0. The van der Waals surface area contributed by atoms with Crippen molar-refractivity contribution in [2.45, 2.75) is 32.2 Å². The molecule has 0 aliphatic carbocycles. The molecule has 1 fully saturated rings. The van der Waals surface area contributed by atoms with Crippen LogP contribution in [-0.2, 0) is 21.2 Å². The lowest BCUT2D eigenvalue weighted by molar-refractivity contribution is -0.120. The molecule has 21 heavy (non-hydrogen) atoms. The van der Waals surface area contributed by atoms with Crippen molar-refractivity contribution in [2.75, 3.05) is 19.3 Å². The summed E-state index contributed by atoms with van der Waals surface area (Å²) in [4.78, 5) is 12.0. The topological polar surface area (TPSA) is 66.5 Å². The van der Waals surface area contributed by atoms with Gasteiger partial charge in [-0.2, -0.15) is 4.31 Å². The molecular formula is C15H22N2O3S. The van der Waals surface area contributed by atoms with Crippen LogP contribution in [0.5, 0.6) is 0 Å². The summed E-state index contributed by atoms with van der Waals surface area (Å²) in [5, 5.41) is 2.86. The van der Waals surface area contributed by atoms with Gasteiger partial charge in [0, 0.05) is 19.1 Å².